The Morgan fingerprint density at radius 1 is 1.15 bits per heavy atom. The lowest BCUT2D eigenvalue weighted by Crippen LogP contribution is -2.28. The molecule has 11 heteroatoms. The van der Waals surface area contributed by atoms with Crippen molar-refractivity contribution in [2.75, 3.05) is 33.9 Å². The van der Waals surface area contributed by atoms with Crippen LogP contribution in [0, 0.1) is 0 Å². The summed E-state index contributed by atoms with van der Waals surface area (Å²) >= 11 is 0. The van der Waals surface area contributed by atoms with Gasteiger partial charge in [0.25, 0.3) is 0 Å². The maximum Gasteiger partial charge on any atom is 0.420 e. The zero-order valence-corrected chi connectivity index (χ0v) is 20.0. The van der Waals surface area contributed by atoms with E-state index < -0.39 is 21.7 Å². The Balaban J connectivity index is 1.60. The molecule has 3 aromatic rings. The lowest BCUT2D eigenvalue weighted by molar-refractivity contribution is -0.143. The zero-order valence-electron chi connectivity index (χ0n) is 19.1. The van der Waals surface area contributed by atoms with Crippen molar-refractivity contribution in [3.63, 3.8) is 0 Å². The summed E-state index contributed by atoms with van der Waals surface area (Å²) in [5, 5.41) is 0. The fraction of sp³-hybridized carbons (Fsp3) is 0.391. The van der Waals surface area contributed by atoms with Crippen LogP contribution in [0.3, 0.4) is 0 Å². The highest BCUT2D eigenvalue weighted by Gasteiger charge is 2.35. The molecule has 34 heavy (non-hydrogen) atoms. The molecule has 182 valence electrons. The fourth-order valence-electron chi connectivity index (χ4n) is 4.20. The van der Waals surface area contributed by atoms with Crippen molar-refractivity contribution < 1.29 is 31.8 Å². The lowest BCUT2D eigenvalue weighted by atomic mass is 9.97. The first-order valence-electron chi connectivity index (χ1n) is 10.8. The maximum atomic E-state index is 13.4. The average molecular weight is 491 g/mol. The summed E-state index contributed by atoms with van der Waals surface area (Å²) in [6.45, 7) is 2.14. The molecular formula is C23H26N2O8S. The molecule has 0 spiro atoms. The third-order valence-electron chi connectivity index (χ3n) is 5.90. The third kappa shape index (κ3) is 4.40. The molecule has 0 unspecified atom stereocenters. The first-order chi connectivity index (χ1) is 16.3. The molecular weight excluding hydrogens is 464 g/mol. The number of nitrogens with zero attached hydrogens (tertiary/aromatic N) is 2. The van der Waals surface area contributed by atoms with Crippen molar-refractivity contribution in [3.05, 3.63) is 52.5 Å². The number of carbonyl (C=O) groups is 1. The molecule has 0 amide bonds. The molecule has 0 aliphatic carbocycles. The number of aromatic nitrogens is 1. The summed E-state index contributed by atoms with van der Waals surface area (Å²) in [5.74, 6) is -0.0581. The quantitative estimate of drug-likeness (QED) is 0.442. The topological polar surface area (TPSA) is 117 Å². The third-order valence-corrected chi connectivity index (χ3v) is 7.76. The van der Waals surface area contributed by atoms with E-state index in [-0.39, 0.29) is 36.1 Å². The van der Waals surface area contributed by atoms with Crippen molar-refractivity contribution in [2.45, 2.75) is 30.7 Å². The number of carbonyl (C=O) groups excluding carboxylic acids is 1. The SMILES string of the molecule is CCOC(=O)Cn1c(=O)oc2cc(S(=O)(=O)N3CC[C@H](c4cc(OC)ccc4OC)C3)ccc21. The molecule has 1 aromatic heterocycles. The van der Waals surface area contributed by atoms with Crippen LogP contribution in [0.4, 0.5) is 0 Å². The van der Waals surface area contributed by atoms with Crippen LogP contribution < -0.4 is 15.2 Å². The van der Waals surface area contributed by atoms with Gasteiger partial charge < -0.3 is 18.6 Å². The molecule has 1 aliphatic heterocycles. The van der Waals surface area contributed by atoms with Gasteiger partial charge >= 0.3 is 11.7 Å². The van der Waals surface area contributed by atoms with Crippen molar-refractivity contribution in [1.82, 2.24) is 8.87 Å². The number of methoxy groups -OCH3 is 2. The van der Waals surface area contributed by atoms with Crippen LogP contribution in [0.5, 0.6) is 11.5 Å². The first-order valence-corrected chi connectivity index (χ1v) is 12.2. The molecule has 1 saturated heterocycles. The summed E-state index contributed by atoms with van der Waals surface area (Å²) in [5.41, 5.74) is 1.29. The predicted molar refractivity (Wildman–Crippen MR) is 123 cm³/mol. The lowest BCUT2D eigenvalue weighted by Gasteiger charge is -2.18. The van der Waals surface area contributed by atoms with Gasteiger partial charge in [0, 0.05) is 30.6 Å². The van der Waals surface area contributed by atoms with Crippen LogP contribution >= 0.6 is 0 Å². The van der Waals surface area contributed by atoms with E-state index >= 15 is 0 Å². The number of fused-ring (bicyclic) bond motifs is 1. The number of sulfonamides is 1. The van der Waals surface area contributed by atoms with Gasteiger partial charge in [-0.2, -0.15) is 4.31 Å². The molecule has 10 nitrogen and oxygen atoms in total. The summed E-state index contributed by atoms with van der Waals surface area (Å²) in [4.78, 5) is 24.0. The monoisotopic (exact) mass is 490 g/mol. The van der Waals surface area contributed by atoms with E-state index in [0.29, 0.717) is 30.0 Å². The van der Waals surface area contributed by atoms with Gasteiger partial charge in [-0.15, -0.1) is 0 Å². The standard InChI is InChI=1S/C23H26N2O8S/c1-4-32-22(26)14-25-19-7-6-17(12-21(19)33-23(25)27)34(28,29)24-10-9-15(13-24)18-11-16(30-2)5-8-20(18)31-3/h5-8,11-12,15H,4,9-10,13-14H2,1-3H3/t15-/m0/s1. The van der Waals surface area contributed by atoms with Crippen LogP contribution in [0.2, 0.25) is 0 Å². The second kappa shape index (κ2) is 9.51. The van der Waals surface area contributed by atoms with Crippen molar-refractivity contribution in [1.29, 1.82) is 0 Å². The molecule has 0 radical (unpaired) electrons. The minimum Gasteiger partial charge on any atom is -0.497 e. The van der Waals surface area contributed by atoms with E-state index in [1.54, 1.807) is 27.2 Å². The van der Waals surface area contributed by atoms with E-state index in [4.69, 9.17) is 18.6 Å². The van der Waals surface area contributed by atoms with Gasteiger partial charge in [-0.1, -0.05) is 0 Å². The number of hydrogen-bond acceptors (Lipinski definition) is 8. The number of ether oxygens (including phenoxy) is 3. The zero-order chi connectivity index (χ0) is 24.5. The van der Waals surface area contributed by atoms with Gasteiger partial charge in [0.05, 0.1) is 31.2 Å². The Labute approximate surface area is 196 Å². The number of benzene rings is 2. The molecule has 2 heterocycles. The Hall–Kier alpha value is -3.31. The molecule has 0 saturated carbocycles. The van der Waals surface area contributed by atoms with Crippen LogP contribution in [0.25, 0.3) is 11.1 Å². The van der Waals surface area contributed by atoms with Crippen molar-refractivity contribution in [3.8, 4) is 11.5 Å². The minimum absolute atomic E-state index is 0.00953. The smallest absolute Gasteiger partial charge is 0.420 e. The highest BCUT2D eigenvalue weighted by molar-refractivity contribution is 7.89. The Morgan fingerprint density at radius 3 is 2.65 bits per heavy atom. The van der Waals surface area contributed by atoms with E-state index in [1.807, 2.05) is 12.1 Å². The van der Waals surface area contributed by atoms with Gasteiger partial charge in [-0.05, 0) is 43.7 Å². The highest BCUT2D eigenvalue weighted by atomic mass is 32.2. The Kier molecular flexibility index (Phi) is 6.67. The van der Waals surface area contributed by atoms with Crippen LogP contribution in [0.1, 0.15) is 24.8 Å². The molecule has 1 aliphatic rings. The molecule has 4 rings (SSSR count). The van der Waals surface area contributed by atoms with Gasteiger partial charge in [0.1, 0.15) is 18.0 Å². The van der Waals surface area contributed by atoms with Crippen molar-refractivity contribution in [2.24, 2.45) is 0 Å². The van der Waals surface area contributed by atoms with Crippen molar-refractivity contribution >= 4 is 27.1 Å². The molecule has 0 bridgehead atoms. The molecule has 0 N–H and O–H groups in total. The summed E-state index contributed by atoms with van der Waals surface area (Å²) in [6, 6.07) is 9.66. The van der Waals surface area contributed by atoms with E-state index in [0.717, 1.165) is 10.1 Å². The van der Waals surface area contributed by atoms with E-state index in [2.05, 4.69) is 0 Å². The normalized spacial score (nSPS) is 16.6. The van der Waals surface area contributed by atoms with Gasteiger partial charge in [0.15, 0.2) is 5.58 Å². The molecule has 1 atom stereocenters. The van der Waals surface area contributed by atoms with Crippen LogP contribution in [-0.4, -0.2) is 57.2 Å². The van der Waals surface area contributed by atoms with Gasteiger partial charge in [-0.25, -0.2) is 13.2 Å². The first kappa shape index (κ1) is 23.8. The van der Waals surface area contributed by atoms with E-state index in [9.17, 15) is 18.0 Å². The van der Waals surface area contributed by atoms with Crippen LogP contribution in [-0.2, 0) is 26.1 Å². The Bertz CT molecular complexity index is 1380. The summed E-state index contributed by atoms with van der Waals surface area (Å²) < 4.78 is 50.1. The molecule has 1 fully saturated rings. The van der Waals surface area contributed by atoms with Gasteiger partial charge in [-0.3, -0.25) is 9.36 Å². The summed E-state index contributed by atoms with van der Waals surface area (Å²) in [7, 11) is -0.693. The number of esters is 1. The molecule has 2 aromatic carbocycles. The average Bonchev–Trinajstić information content (AvgIpc) is 3.44. The largest absolute Gasteiger partial charge is 0.497 e. The number of rotatable bonds is 8. The number of oxazole rings is 1. The number of hydrogen-bond donors (Lipinski definition) is 0. The summed E-state index contributed by atoms with van der Waals surface area (Å²) in [6.07, 6.45) is 0.621. The second-order valence-corrected chi connectivity index (χ2v) is 9.78. The Morgan fingerprint density at radius 2 is 1.94 bits per heavy atom. The highest BCUT2D eigenvalue weighted by Crippen LogP contribution is 2.38. The minimum atomic E-state index is -3.84. The fourth-order valence-corrected chi connectivity index (χ4v) is 5.72. The van der Waals surface area contributed by atoms with E-state index in [1.165, 1.54) is 22.5 Å². The van der Waals surface area contributed by atoms with Gasteiger partial charge in [0.2, 0.25) is 10.0 Å². The van der Waals surface area contributed by atoms with Crippen LogP contribution in [0.15, 0.2) is 50.5 Å². The maximum absolute atomic E-state index is 13.4. The predicted octanol–water partition coefficient (Wildman–Crippen LogP) is 2.35. The second-order valence-electron chi connectivity index (χ2n) is 7.85.